The first-order chi connectivity index (χ1) is 9.78. The number of hydrogen-bond acceptors (Lipinski definition) is 6. The quantitative estimate of drug-likeness (QED) is 0.835. The smallest absolute Gasteiger partial charge is 0.272 e. The first kappa shape index (κ1) is 12.8. The van der Waals surface area contributed by atoms with Crippen molar-refractivity contribution in [3.8, 4) is 0 Å². The fourth-order valence-corrected chi connectivity index (χ4v) is 2.04. The van der Waals surface area contributed by atoms with Crippen molar-refractivity contribution >= 4 is 5.91 Å². The highest BCUT2D eigenvalue weighted by atomic mass is 16.5. The van der Waals surface area contributed by atoms with E-state index in [0.717, 1.165) is 17.7 Å². The maximum absolute atomic E-state index is 12.1. The van der Waals surface area contributed by atoms with E-state index in [1.54, 1.807) is 0 Å². The molecule has 2 N–H and O–H groups in total. The lowest BCUT2D eigenvalue weighted by molar-refractivity contribution is 0.0919. The average molecular weight is 277 g/mol. The summed E-state index contributed by atoms with van der Waals surface area (Å²) in [5.41, 5.74) is 2.16. The summed E-state index contributed by atoms with van der Waals surface area (Å²) in [4.78, 5) is 12.1. The predicted octanol–water partition coefficient (Wildman–Crippen LogP) is 0.358. The molecule has 106 valence electrons. The van der Waals surface area contributed by atoms with Crippen LogP contribution in [0, 0.1) is 0 Å². The molecule has 1 aliphatic rings. The van der Waals surface area contributed by atoms with Crippen LogP contribution in [-0.2, 0) is 30.7 Å². The number of nitrogens with zero attached hydrogens (tertiary/aromatic N) is 3. The molecule has 8 nitrogen and oxygen atoms in total. The topological polar surface area (TPSA) is 106 Å². The molecule has 2 aromatic rings. The minimum absolute atomic E-state index is 0.189. The van der Waals surface area contributed by atoms with E-state index in [-0.39, 0.29) is 12.5 Å². The maximum atomic E-state index is 12.1. The second kappa shape index (κ2) is 5.41. The molecular formula is C12H15N5O3. The minimum atomic E-state index is -0.274. The van der Waals surface area contributed by atoms with E-state index in [0.29, 0.717) is 37.1 Å². The van der Waals surface area contributed by atoms with E-state index in [4.69, 9.17) is 9.15 Å². The molecule has 0 fully saturated rings. The molecule has 0 saturated carbocycles. The normalized spacial score (nSPS) is 14.1. The molecule has 3 rings (SSSR count). The highest BCUT2D eigenvalue weighted by Crippen LogP contribution is 2.17. The van der Waals surface area contributed by atoms with E-state index >= 15 is 0 Å². The van der Waals surface area contributed by atoms with Gasteiger partial charge in [0.25, 0.3) is 5.91 Å². The van der Waals surface area contributed by atoms with Gasteiger partial charge >= 0.3 is 0 Å². The zero-order valence-corrected chi connectivity index (χ0v) is 11.1. The van der Waals surface area contributed by atoms with Crippen LogP contribution in [0.1, 0.15) is 40.5 Å². The molecule has 1 amide bonds. The third-order valence-electron chi connectivity index (χ3n) is 3.12. The number of ether oxygens (including phenoxy) is 1. The van der Waals surface area contributed by atoms with Gasteiger partial charge in [0, 0.05) is 24.1 Å². The molecule has 0 saturated heterocycles. The molecule has 2 aromatic heterocycles. The molecule has 8 heteroatoms. The Hall–Kier alpha value is -2.22. The number of hydrogen-bond donors (Lipinski definition) is 2. The Morgan fingerprint density at radius 3 is 3.05 bits per heavy atom. The molecule has 3 heterocycles. The van der Waals surface area contributed by atoms with Gasteiger partial charge in [-0.2, -0.15) is 5.10 Å². The van der Waals surface area contributed by atoms with Crippen molar-refractivity contribution in [2.45, 2.75) is 32.9 Å². The Bertz CT molecular complexity index is 618. The van der Waals surface area contributed by atoms with E-state index in [1.165, 1.54) is 0 Å². The van der Waals surface area contributed by atoms with E-state index in [9.17, 15) is 4.79 Å². The second-order valence-electron chi connectivity index (χ2n) is 4.46. The second-order valence-corrected chi connectivity index (χ2v) is 4.46. The van der Waals surface area contributed by atoms with Gasteiger partial charge in [0.15, 0.2) is 5.69 Å². The highest BCUT2D eigenvalue weighted by Gasteiger charge is 2.22. The lowest BCUT2D eigenvalue weighted by Gasteiger charge is -2.11. The van der Waals surface area contributed by atoms with Gasteiger partial charge in [-0.1, -0.05) is 6.92 Å². The van der Waals surface area contributed by atoms with Crippen molar-refractivity contribution in [1.82, 2.24) is 25.7 Å². The van der Waals surface area contributed by atoms with E-state index in [2.05, 4.69) is 25.7 Å². The van der Waals surface area contributed by atoms with Gasteiger partial charge in [-0.15, -0.1) is 10.2 Å². The van der Waals surface area contributed by atoms with Gasteiger partial charge < -0.3 is 14.5 Å². The lowest BCUT2D eigenvalue weighted by atomic mass is 10.1. The van der Waals surface area contributed by atoms with Crippen molar-refractivity contribution in [3.63, 3.8) is 0 Å². The van der Waals surface area contributed by atoms with Crippen LogP contribution < -0.4 is 5.32 Å². The average Bonchev–Trinajstić information content (AvgIpc) is 3.11. The number of fused-ring (bicyclic) bond motifs is 1. The van der Waals surface area contributed by atoms with Gasteiger partial charge in [-0.05, 0) is 0 Å². The van der Waals surface area contributed by atoms with Gasteiger partial charge in [0.1, 0.15) is 0 Å². The Balaban J connectivity index is 1.66. The number of carbonyl (C=O) groups excluding carboxylic acids is 1. The summed E-state index contributed by atoms with van der Waals surface area (Å²) in [6, 6.07) is 0. The van der Waals surface area contributed by atoms with Gasteiger partial charge in [-0.25, -0.2) is 0 Å². The molecular weight excluding hydrogens is 262 g/mol. The molecule has 0 atom stereocenters. The molecule has 1 aliphatic heterocycles. The van der Waals surface area contributed by atoms with Gasteiger partial charge in [0.05, 0.1) is 19.8 Å². The first-order valence-electron chi connectivity index (χ1n) is 6.51. The molecule has 0 bridgehead atoms. The van der Waals surface area contributed by atoms with Crippen LogP contribution in [-0.4, -0.2) is 32.9 Å². The van der Waals surface area contributed by atoms with Crippen LogP contribution >= 0.6 is 0 Å². The third-order valence-corrected chi connectivity index (χ3v) is 3.12. The van der Waals surface area contributed by atoms with E-state index in [1.807, 2.05) is 6.92 Å². The largest absolute Gasteiger partial charge is 0.423 e. The maximum Gasteiger partial charge on any atom is 0.272 e. The summed E-state index contributed by atoms with van der Waals surface area (Å²) in [6.45, 7) is 3.17. The number of amides is 1. The van der Waals surface area contributed by atoms with Gasteiger partial charge in [0.2, 0.25) is 11.8 Å². The number of rotatable bonds is 4. The zero-order valence-electron chi connectivity index (χ0n) is 11.1. The number of aromatic nitrogens is 4. The fourth-order valence-electron chi connectivity index (χ4n) is 2.04. The Morgan fingerprint density at radius 1 is 1.40 bits per heavy atom. The van der Waals surface area contributed by atoms with Crippen LogP contribution in [0.4, 0.5) is 0 Å². The van der Waals surface area contributed by atoms with Crippen molar-refractivity contribution < 1.29 is 13.9 Å². The molecule has 0 aliphatic carbocycles. The standard InChI is InChI=1S/C12H15N5O3/c1-2-9-15-16-10(20-9)5-13-12(18)11-7-6-19-4-3-8(7)14-17-11/h2-6H2,1H3,(H,13,18)(H,14,17). The molecule has 0 unspecified atom stereocenters. The summed E-state index contributed by atoms with van der Waals surface area (Å²) in [7, 11) is 0. The summed E-state index contributed by atoms with van der Waals surface area (Å²) in [5, 5.41) is 17.3. The Labute approximate surface area is 114 Å². The Morgan fingerprint density at radius 2 is 2.25 bits per heavy atom. The predicted molar refractivity (Wildman–Crippen MR) is 66.8 cm³/mol. The minimum Gasteiger partial charge on any atom is -0.423 e. The van der Waals surface area contributed by atoms with Crippen LogP contribution in [0.3, 0.4) is 0 Å². The molecule has 0 radical (unpaired) electrons. The van der Waals surface area contributed by atoms with Crippen LogP contribution in [0.15, 0.2) is 4.42 Å². The fraction of sp³-hybridized carbons (Fsp3) is 0.500. The van der Waals surface area contributed by atoms with Crippen molar-refractivity contribution in [2.24, 2.45) is 0 Å². The van der Waals surface area contributed by atoms with Crippen molar-refractivity contribution in [1.29, 1.82) is 0 Å². The summed E-state index contributed by atoms with van der Waals surface area (Å²) in [6.07, 6.45) is 1.42. The lowest BCUT2D eigenvalue weighted by Crippen LogP contribution is -2.25. The van der Waals surface area contributed by atoms with Crippen molar-refractivity contribution in [2.75, 3.05) is 6.61 Å². The summed E-state index contributed by atoms with van der Waals surface area (Å²) in [5.74, 6) is 0.667. The highest BCUT2D eigenvalue weighted by molar-refractivity contribution is 5.93. The van der Waals surface area contributed by atoms with Gasteiger partial charge in [-0.3, -0.25) is 9.89 Å². The summed E-state index contributed by atoms with van der Waals surface area (Å²) < 4.78 is 10.7. The SMILES string of the molecule is CCc1nnc(CNC(=O)c2n[nH]c3c2COCC3)o1. The van der Waals surface area contributed by atoms with Crippen LogP contribution in [0.2, 0.25) is 0 Å². The van der Waals surface area contributed by atoms with Crippen LogP contribution in [0.5, 0.6) is 0 Å². The number of aromatic amines is 1. The zero-order chi connectivity index (χ0) is 13.9. The number of carbonyl (C=O) groups is 1. The third kappa shape index (κ3) is 2.42. The molecule has 0 aromatic carbocycles. The number of H-pyrrole nitrogens is 1. The Kier molecular flexibility index (Phi) is 3.46. The molecule has 0 spiro atoms. The van der Waals surface area contributed by atoms with Crippen LogP contribution in [0.25, 0.3) is 0 Å². The molecule has 20 heavy (non-hydrogen) atoms. The monoisotopic (exact) mass is 277 g/mol. The summed E-state index contributed by atoms with van der Waals surface area (Å²) >= 11 is 0. The first-order valence-corrected chi connectivity index (χ1v) is 6.51. The number of nitrogens with one attached hydrogen (secondary N) is 2. The van der Waals surface area contributed by atoms with Crippen molar-refractivity contribution in [3.05, 3.63) is 28.7 Å². The van der Waals surface area contributed by atoms with E-state index < -0.39 is 0 Å². The number of aryl methyl sites for hydroxylation is 1.